The summed E-state index contributed by atoms with van der Waals surface area (Å²) in [5.74, 6) is -1.19. The van der Waals surface area contributed by atoms with Gasteiger partial charge in [-0.15, -0.1) is 0 Å². The lowest BCUT2D eigenvalue weighted by molar-refractivity contribution is -0.384. The van der Waals surface area contributed by atoms with E-state index in [9.17, 15) is 19.7 Å². The quantitative estimate of drug-likeness (QED) is 0.569. The Labute approximate surface area is 149 Å². The number of nitrogens with one attached hydrogen (secondary N) is 1. The third-order valence-corrected chi connectivity index (χ3v) is 3.66. The molecule has 0 radical (unpaired) electrons. The van der Waals surface area contributed by atoms with Crippen LogP contribution in [0.4, 0.5) is 5.69 Å². The summed E-state index contributed by atoms with van der Waals surface area (Å²) < 4.78 is 0. The highest BCUT2D eigenvalue weighted by Gasteiger charge is 2.19. The summed E-state index contributed by atoms with van der Waals surface area (Å²) >= 11 is 0. The van der Waals surface area contributed by atoms with Crippen LogP contribution in [0.15, 0.2) is 48.5 Å². The van der Waals surface area contributed by atoms with Crippen molar-refractivity contribution in [3.05, 3.63) is 75.3 Å². The second kappa shape index (κ2) is 8.39. The number of nitrogens with two attached hydrogens (primary N) is 1. The van der Waals surface area contributed by atoms with Crippen molar-refractivity contribution in [2.24, 2.45) is 5.73 Å². The first-order chi connectivity index (χ1) is 12.4. The van der Waals surface area contributed by atoms with Crippen LogP contribution in [0.3, 0.4) is 0 Å². The maximum absolute atomic E-state index is 12.2. The summed E-state index contributed by atoms with van der Waals surface area (Å²) in [6.07, 6.45) is 0.0230. The number of hydrogen-bond donors (Lipinski definition) is 2. The number of primary amides is 1. The van der Waals surface area contributed by atoms with Gasteiger partial charge in [0.1, 0.15) is 6.04 Å². The van der Waals surface area contributed by atoms with E-state index >= 15 is 0 Å². The number of carbonyl (C=O) groups is 2. The molecule has 0 saturated heterocycles. The molecule has 132 valence electrons. The molecule has 0 aromatic heterocycles. The molecule has 3 N–H and O–H groups in total. The molecule has 2 amide bonds. The summed E-state index contributed by atoms with van der Waals surface area (Å²) in [5.41, 5.74) is 6.81. The molecule has 8 nitrogen and oxygen atoms in total. The zero-order valence-corrected chi connectivity index (χ0v) is 13.7. The van der Waals surface area contributed by atoms with Crippen LogP contribution in [0.25, 0.3) is 0 Å². The average molecular weight is 352 g/mol. The molecule has 1 atom stereocenters. The van der Waals surface area contributed by atoms with E-state index in [1.54, 1.807) is 30.3 Å². The first kappa shape index (κ1) is 18.6. The molecule has 0 unspecified atom stereocenters. The van der Waals surface area contributed by atoms with Crippen LogP contribution in [0.1, 0.15) is 16.7 Å². The minimum atomic E-state index is -0.949. The zero-order chi connectivity index (χ0) is 19.1. The molecule has 0 fully saturated rings. The van der Waals surface area contributed by atoms with Crippen LogP contribution in [0.2, 0.25) is 0 Å². The third-order valence-electron chi connectivity index (χ3n) is 3.66. The van der Waals surface area contributed by atoms with Crippen molar-refractivity contribution in [2.75, 3.05) is 0 Å². The highest BCUT2D eigenvalue weighted by molar-refractivity contribution is 5.87. The first-order valence-corrected chi connectivity index (χ1v) is 7.70. The van der Waals surface area contributed by atoms with Gasteiger partial charge in [0.15, 0.2) is 0 Å². The van der Waals surface area contributed by atoms with Gasteiger partial charge in [-0.2, -0.15) is 5.26 Å². The van der Waals surface area contributed by atoms with Gasteiger partial charge in [0, 0.05) is 18.6 Å². The van der Waals surface area contributed by atoms with Gasteiger partial charge >= 0.3 is 0 Å². The smallest absolute Gasteiger partial charge is 0.269 e. The number of hydrogen-bond acceptors (Lipinski definition) is 5. The Hall–Kier alpha value is -3.73. The molecular formula is C18H16N4O4. The SMILES string of the molecule is N#Cc1cccc(C[C@@H](NC(=O)Cc2cccc([N+](=O)[O-])c2)C(N)=O)c1. The number of non-ortho nitro benzene ring substituents is 1. The largest absolute Gasteiger partial charge is 0.368 e. The van der Waals surface area contributed by atoms with Gasteiger partial charge in [-0.3, -0.25) is 19.7 Å². The van der Waals surface area contributed by atoms with Crippen molar-refractivity contribution in [1.29, 1.82) is 5.26 Å². The molecular weight excluding hydrogens is 336 g/mol. The number of carbonyl (C=O) groups excluding carboxylic acids is 2. The van der Waals surface area contributed by atoms with Crippen LogP contribution < -0.4 is 11.1 Å². The van der Waals surface area contributed by atoms with Crippen LogP contribution >= 0.6 is 0 Å². The highest BCUT2D eigenvalue weighted by Crippen LogP contribution is 2.14. The fraction of sp³-hybridized carbons (Fsp3) is 0.167. The van der Waals surface area contributed by atoms with E-state index in [-0.39, 0.29) is 18.5 Å². The summed E-state index contributed by atoms with van der Waals surface area (Å²) in [5, 5.41) is 22.2. The predicted octanol–water partition coefficient (Wildman–Crippen LogP) is 1.22. The molecule has 0 saturated carbocycles. The maximum atomic E-state index is 12.2. The summed E-state index contributed by atoms with van der Waals surface area (Å²) in [6.45, 7) is 0. The van der Waals surface area contributed by atoms with Gasteiger partial charge in [-0.25, -0.2) is 0 Å². The van der Waals surface area contributed by atoms with Gasteiger partial charge < -0.3 is 11.1 Å². The van der Waals surface area contributed by atoms with Crippen LogP contribution in [0, 0.1) is 21.4 Å². The normalized spacial score (nSPS) is 11.2. The number of nitro benzene ring substituents is 1. The highest BCUT2D eigenvalue weighted by atomic mass is 16.6. The lowest BCUT2D eigenvalue weighted by Gasteiger charge is -2.16. The molecule has 0 aliphatic heterocycles. The first-order valence-electron chi connectivity index (χ1n) is 7.70. The number of nitriles is 1. The Kier molecular flexibility index (Phi) is 6.01. The van der Waals surface area contributed by atoms with Gasteiger partial charge in [0.2, 0.25) is 11.8 Å². The maximum Gasteiger partial charge on any atom is 0.269 e. The Bertz CT molecular complexity index is 889. The number of nitrogens with zero attached hydrogens (tertiary/aromatic N) is 2. The van der Waals surface area contributed by atoms with Crippen LogP contribution in [0.5, 0.6) is 0 Å². The Morgan fingerprint density at radius 3 is 2.54 bits per heavy atom. The van der Waals surface area contributed by atoms with E-state index in [0.29, 0.717) is 16.7 Å². The minimum absolute atomic E-state index is 0.116. The molecule has 0 aliphatic rings. The Morgan fingerprint density at radius 2 is 1.88 bits per heavy atom. The number of amides is 2. The van der Waals surface area contributed by atoms with E-state index in [2.05, 4.69) is 5.32 Å². The lowest BCUT2D eigenvalue weighted by atomic mass is 10.0. The van der Waals surface area contributed by atoms with Crippen molar-refractivity contribution in [1.82, 2.24) is 5.32 Å². The molecule has 2 rings (SSSR count). The van der Waals surface area contributed by atoms with E-state index in [1.165, 1.54) is 18.2 Å². The average Bonchev–Trinajstić information content (AvgIpc) is 2.61. The summed E-state index contributed by atoms with van der Waals surface area (Å²) in [7, 11) is 0. The molecule has 0 heterocycles. The van der Waals surface area contributed by atoms with Gasteiger partial charge in [0.05, 0.1) is 23.0 Å². The second-order valence-corrected chi connectivity index (χ2v) is 5.64. The Balaban J connectivity index is 2.06. The molecule has 8 heteroatoms. The van der Waals surface area contributed by atoms with E-state index in [0.717, 1.165) is 0 Å². The zero-order valence-electron chi connectivity index (χ0n) is 13.7. The molecule has 0 spiro atoms. The number of benzene rings is 2. The fourth-order valence-electron chi connectivity index (χ4n) is 2.44. The van der Waals surface area contributed by atoms with Crippen molar-refractivity contribution < 1.29 is 14.5 Å². The topological polar surface area (TPSA) is 139 Å². The second-order valence-electron chi connectivity index (χ2n) is 5.64. The fourth-order valence-corrected chi connectivity index (χ4v) is 2.44. The van der Waals surface area contributed by atoms with E-state index in [1.807, 2.05) is 6.07 Å². The monoisotopic (exact) mass is 352 g/mol. The van der Waals surface area contributed by atoms with Crippen molar-refractivity contribution >= 4 is 17.5 Å². The van der Waals surface area contributed by atoms with Crippen molar-refractivity contribution in [2.45, 2.75) is 18.9 Å². The molecule has 26 heavy (non-hydrogen) atoms. The van der Waals surface area contributed by atoms with Gasteiger partial charge in [0.25, 0.3) is 5.69 Å². The van der Waals surface area contributed by atoms with E-state index in [4.69, 9.17) is 11.0 Å². The standard InChI is InChI=1S/C18H16N4O4/c19-11-14-5-1-3-12(7-14)9-16(18(20)24)21-17(23)10-13-4-2-6-15(8-13)22(25)26/h1-8,16H,9-10H2,(H2,20,24)(H,21,23)/t16-/m1/s1. The molecule has 2 aromatic carbocycles. The van der Waals surface area contributed by atoms with Crippen molar-refractivity contribution in [3.63, 3.8) is 0 Å². The number of rotatable bonds is 7. The van der Waals surface area contributed by atoms with Crippen LogP contribution in [-0.2, 0) is 22.4 Å². The molecule has 0 bridgehead atoms. The number of nitro groups is 1. The van der Waals surface area contributed by atoms with Gasteiger partial charge in [-0.1, -0.05) is 24.3 Å². The van der Waals surface area contributed by atoms with Crippen LogP contribution in [-0.4, -0.2) is 22.8 Å². The molecule has 2 aromatic rings. The summed E-state index contributed by atoms with van der Waals surface area (Å²) in [4.78, 5) is 34.1. The lowest BCUT2D eigenvalue weighted by Crippen LogP contribution is -2.46. The predicted molar refractivity (Wildman–Crippen MR) is 92.8 cm³/mol. The minimum Gasteiger partial charge on any atom is -0.368 e. The van der Waals surface area contributed by atoms with Gasteiger partial charge in [-0.05, 0) is 23.3 Å². The van der Waals surface area contributed by atoms with Crippen molar-refractivity contribution in [3.8, 4) is 6.07 Å². The third kappa shape index (κ3) is 5.14. The Morgan fingerprint density at radius 1 is 1.19 bits per heavy atom. The van der Waals surface area contributed by atoms with E-state index < -0.39 is 22.8 Å². The summed E-state index contributed by atoms with van der Waals surface area (Å²) in [6, 6.07) is 13.4. The molecule has 0 aliphatic carbocycles.